The zero-order chi connectivity index (χ0) is 13.8. The molecule has 1 aromatic carbocycles. The van der Waals surface area contributed by atoms with Crippen molar-refractivity contribution < 1.29 is 14.3 Å². The molecule has 0 radical (unpaired) electrons. The second-order valence-corrected chi connectivity index (χ2v) is 4.72. The van der Waals surface area contributed by atoms with Gasteiger partial charge in [-0.3, -0.25) is 4.79 Å². The van der Waals surface area contributed by atoms with Crippen LogP contribution in [0.5, 0.6) is 5.75 Å². The molecule has 1 aromatic rings. The molecule has 0 saturated heterocycles. The van der Waals surface area contributed by atoms with Crippen molar-refractivity contribution in [3.05, 3.63) is 29.3 Å². The molecule has 0 aliphatic carbocycles. The van der Waals surface area contributed by atoms with Crippen LogP contribution < -0.4 is 4.74 Å². The molecule has 100 valence electrons. The van der Waals surface area contributed by atoms with E-state index in [1.807, 2.05) is 25.1 Å². The second kappa shape index (κ2) is 5.75. The summed E-state index contributed by atoms with van der Waals surface area (Å²) in [4.78, 5) is 11.6. The third-order valence-electron chi connectivity index (χ3n) is 3.18. The summed E-state index contributed by atoms with van der Waals surface area (Å²) in [7, 11) is 0. The minimum atomic E-state index is -0.750. The van der Waals surface area contributed by atoms with Crippen LogP contribution in [0.2, 0.25) is 0 Å². The van der Waals surface area contributed by atoms with Crippen LogP contribution in [0.25, 0.3) is 0 Å². The van der Waals surface area contributed by atoms with E-state index in [1.54, 1.807) is 6.92 Å². The number of benzene rings is 1. The molecule has 1 heterocycles. The van der Waals surface area contributed by atoms with Gasteiger partial charge in [-0.1, -0.05) is 17.7 Å². The number of carbonyl (C=O) groups is 1. The fourth-order valence-corrected chi connectivity index (χ4v) is 2.29. The minimum Gasteiger partial charge on any atom is -0.490 e. The van der Waals surface area contributed by atoms with Crippen molar-refractivity contribution in [2.45, 2.75) is 32.8 Å². The van der Waals surface area contributed by atoms with Gasteiger partial charge in [0.2, 0.25) is 0 Å². The van der Waals surface area contributed by atoms with Gasteiger partial charge in [0.25, 0.3) is 0 Å². The van der Waals surface area contributed by atoms with Crippen LogP contribution in [0.15, 0.2) is 18.2 Å². The maximum absolute atomic E-state index is 11.6. The molecule has 2 rings (SSSR count). The molecule has 19 heavy (non-hydrogen) atoms. The van der Waals surface area contributed by atoms with E-state index in [9.17, 15) is 4.79 Å². The molecule has 4 nitrogen and oxygen atoms in total. The highest BCUT2D eigenvalue weighted by Gasteiger charge is 2.29. The first-order chi connectivity index (χ1) is 9.13. The normalized spacial score (nSPS) is 18.1. The van der Waals surface area contributed by atoms with E-state index in [2.05, 4.69) is 6.07 Å². The molecule has 1 aliphatic rings. The van der Waals surface area contributed by atoms with Gasteiger partial charge < -0.3 is 9.47 Å². The molecule has 0 saturated carbocycles. The van der Waals surface area contributed by atoms with Crippen LogP contribution in [0.4, 0.5) is 0 Å². The highest BCUT2D eigenvalue weighted by molar-refractivity contribution is 5.75. The molecule has 0 fully saturated rings. The van der Waals surface area contributed by atoms with Crippen molar-refractivity contribution in [1.29, 1.82) is 5.26 Å². The highest BCUT2D eigenvalue weighted by Crippen LogP contribution is 2.32. The van der Waals surface area contributed by atoms with Gasteiger partial charge in [0.15, 0.2) is 0 Å². The zero-order valence-corrected chi connectivity index (χ0v) is 11.2. The number of nitriles is 1. The van der Waals surface area contributed by atoms with Crippen molar-refractivity contribution in [2.75, 3.05) is 6.61 Å². The standard InChI is InChI=1S/C15H17NO3/c1-3-18-15(17)12(9-16)8-13-7-11-6-10(2)4-5-14(11)19-13/h4-6,12-13H,3,7-8H2,1-2H3. The van der Waals surface area contributed by atoms with E-state index in [0.717, 1.165) is 17.7 Å². The van der Waals surface area contributed by atoms with Gasteiger partial charge in [0.1, 0.15) is 17.8 Å². The number of hydrogen-bond acceptors (Lipinski definition) is 4. The van der Waals surface area contributed by atoms with Gasteiger partial charge in [0.05, 0.1) is 12.7 Å². The Labute approximate surface area is 112 Å². The third-order valence-corrected chi connectivity index (χ3v) is 3.18. The number of carbonyl (C=O) groups excluding carboxylic acids is 1. The van der Waals surface area contributed by atoms with Crippen molar-refractivity contribution in [3.63, 3.8) is 0 Å². The lowest BCUT2D eigenvalue weighted by molar-refractivity contribution is -0.146. The lowest BCUT2D eigenvalue weighted by Gasteiger charge is -2.13. The fourth-order valence-electron chi connectivity index (χ4n) is 2.29. The quantitative estimate of drug-likeness (QED) is 0.779. The average molecular weight is 259 g/mol. The van der Waals surface area contributed by atoms with Gasteiger partial charge in [-0.25, -0.2) is 0 Å². The summed E-state index contributed by atoms with van der Waals surface area (Å²) in [6.45, 7) is 4.06. The van der Waals surface area contributed by atoms with Crippen molar-refractivity contribution in [1.82, 2.24) is 0 Å². The predicted molar refractivity (Wildman–Crippen MR) is 69.7 cm³/mol. The largest absolute Gasteiger partial charge is 0.490 e. The summed E-state index contributed by atoms with van der Waals surface area (Å²) >= 11 is 0. The van der Waals surface area contributed by atoms with Crippen molar-refractivity contribution in [3.8, 4) is 11.8 Å². The lowest BCUT2D eigenvalue weighted by atomic mass is 9.99. The minimum absolute atomic E-state index is 0.120. The first-order valence-electron chi connectivity index (χ1n) is 6.46. The van der Waals surface area contributed by atoms with E-state index in [-0.39, 0.29) is 6.10 Å². The van der Waals surface area contributed by atoms with Crippen LogP contribution >= 0.6 is 0 Å². The second-order valence-electron chi connectivity index (χ2n) is 4.72. The molecule has 0 spiro atoms. The van der Waals surface area contributed by atoms with Gasteiger partial charge in [-0.15, -0.1) is 0 Å². The zero-order valence-electron chi connectivity index (χ0n) is 11.2. The van der Waals surface area contributed by atoms with Crippen LogP contribution in [0.3, 0.4) is 0 Å². The lowest BCUT2D eigenvalue weighted by Crippen LogP contribution is -2.24. The van der Waals surface area contributed by atoms with Crippen LogP contribution in [-0.4, -0.2) is 18.7 Å². The Morgan fingerprint density at radius 3 is 3.11 bits per heavy atom. The molecule has 0 N–H and O–H groups in total. The summed E-state index contributed by atoms with van der Waals surface area (Å²) in [5.74, 6) is -0.350. The highest BCUT2D eigenvalue weighted by atomic mass is 16.5. The Hall–Kier alpha value is -2.02. The molecule has 2 atom stereocenters. The molecule has 0 bridgehead atoms. The third kappa shape index (κ3) is 3.05. The van der Waals surface area contributed by atoms with Crippen LogP contribution in [0, 0.1) is 24.2 Å². The Balaban J connectivity index is 1.99. The number of ether oxygens (including phenoxy) is 2. The Kier molecular flexibility index (Phi) is 4.06. The Morgan fingerprint density at radius 1 is 1.63 bits per heavy atom. The van der Waals surface area contributed by atoms with Gasteiger partial charge in [-0.2, -0.15) is 5.26 Å². The number of esters is 1. The van der Waals surface area contributed by atoms with Crippen molar-refractivity contribution in [2.24, 2.45) is 5.92 Å². The summed E-state index contributed by atoms with van der Waals surface area (Å²) < 4.78 is 10.6. The smallest absolute Gasteiger partial charge is 0.323 e. The molecular formula is C15H17NO3. The Morgan fingerprint density at radius 2 is 2.42 bits per heavy atom. The van der Waals surface area contributed by atoms with Crippen molar-refractivity contribution >= 4 is 5.97 Å². The van der Waals surface area contributed by atoms with Gasteiger partial charge in [-0.05, 0) is 25.5 Å². The maximum atomic E-state index is 11.6. The molecule has 0 aromatic heterocycles. The van der Waals surface area contributed by atoms with E-state index >= 15 is 0 Å². The maximum Gasteiger partial charge on any atom is 0.323 e. The predicted octanol–water partition coefficient (Wildman–Crippen LogP) is 2.39. The molecule has 0 amide bonds. The van der Waals surface area contributed by atoms with E-state index in [1.165, 1.54) is 5.56 Å². The first kappa shape index (κ1) is 13.4. The SMILES string of the molecule is CCOC(=O)C(C#N)CC1Cc2cc(C)ccc2O1. The van der Waals surface area contributed by atoms with Gasteiger partial charge >= 0.3 is 5.97 Å². The Bertz CT molecular complexity index is 519. The average Bonchev–Trinajstić information content (AvgIpc) is 2.77. The van der Waals surface area contributed by atoms with E-state index in [4.69, 9.17) is 14.7 Å². The number of hydrogen-bond donors (Lipinski definition) is 0. The molecule has 1 aliphatic heterocycles. The monoisotopic (exact) mass is 259 g/mol. The van der Waals surface area contributed by atoms with Crippen LogP contribution in [-0.2, 0) is 16.0 Å². The molecular weight excluding hydrogens is 242 g/mol. The summed E-state index contributed by atoms with van der Waals surface area (Å²) in [5, 5.41) is 9.04. The number of fused-ring (bicyclic) bond motifs is 1. The molecule has 4 heteroatoms. The van der Waals surface area contributed by atoms with E-state index < -0.39 is 11.9 Å². The topological polar surface area (TPSA) is 59.3 Å². The number of nitrogens with zero attached hydrogens (tertiary/aromatic N) is 1. The first-order valence-corrected chi connectivity index (χ1v) is 6.46. The molecule has 2 unspecified atom stereocenters. The fraction of sp³-hybridized carbons (Fsp3) is 0.467. The number of rotatable bonds is 4. The summed E-state index contributed by atoms with van der Waals surface area (Å²) in [6.07, 6.45) is 1.00. The van der Waals surface area contributed by atoms with E-state index in [0.29, 0.717) is 13.0 Å². The van der Waals surface area contributed by atoms with Crippen LogP contribution in [0.1, 0.15) is 24.5 Å². The summed E-state index contributed by atoms with van der Waals surface area (Å²) in [6, 6.07) is 8.02. The van der Waals surface area contributed by atoms with Gasteiger partial charge in [0, 0.05) is 12.8 Å². The summed E-state index contributed by atoms with van der Waals surface area (Å²) in [5.41, 5.74) is 2.33. The number of aryl methyl sites for hydroxylation is 1.